The van der Waals surface area contributed by atoms with E-state index in [1.54, 1.807) is 0 Å². The fourth-order valence-electron chi connectivity index (χ4n) is 3.10. The van der Waals surface area contributed by atoms with E-state index in [9.17, 15) is 4.79 Å². The molecule has 0 bridgehead atoms. The molecule has 0 N–H and O–H groups in total. The van der Waals surface area contributed by atoms with E-state index in [1.165, 1.54) is 5.56 Å². The zero-order valence-corrected chi connectivity index (χ0v) is 14.3. The van der Waals surface area contributed by atoms with Crippen LogP contribution in [0.4, 0.5) is 0 Å². The average Bonchev–Trinajstić information content (AvgIpc) is 2.63. The summed E-state index contributed by atoms with van der Waals surface area (Å²) in [6.07, 6.45) is 4.44. The SMILES string of the molecule is C[N+]1(C/C=C/c2ccccc2)CCN(C(=O)c2ccccc2)CC1. The van der Waals surface area contributed by atoms with Gasteiger partial charge in [0.1, 0.15) is 0 Å². The minimum Gasteiger partial charge on any atom is -0.327 e. The minimum atomic E-state index is 0.154. The molecule has 0 saturated carbocycles. The van der Waals surface area contributed by atoms with Crippen LogP contribution >= 0.6 is 0 Å². The van der Waals surface area contributed by atoms with Gasteiger partial charge in [-0.3, -0.25) is 4.79 Å². The van der Waals surface area contributed by atoms with Gasteiger partial charge in [-0.05, 0) is 23.8 Å². The zero-order chi connectivity index (χ0) is 16.8. The highest BCUT2D eigenvalue weighted by Gasteiger charge is 2.30. The van der Waals surface area contributed by atoms with Crippen molar-refractivity contribution < 1.29 is 9.28 Å². The summed E-state index contributed by atoms with van der Waals surface area (Å²) in [6, 6.07) is 20.0. The van der Waals surface area contributed by atoms with Crippen molar-refractivity contribution in [3.05, 3.63) is 77.9 Å². The molecule has 0 radical (unpaired) electrons. The second kappa shape index (κ2) is 7.45. The number of amides is 1. The average molecular weight is 321 g/mol. The van der Waals surface area contributed by atoms with Crippen LogP contribution < -0.4 is 0 Å². The van der Waals surface area contributed by atoms with Gasteiger partial charge in [-0.15, -0.1) is 0 Å². The standard InChI is InChI=1S/C21H25N2O/c1-23(16-8-11-19-9-4-2-5-10-19)17-14-22(15-18-23)21(24)20-12-6-3-7-13-20/h2-13H,14-18H2,1H3/q+1/b11-8+. The van der Waals surface area contributed by atoms with Gasteiger partial charge in [0.2, 0.25) is 0 Å². The summed E-state index contributed by atoms with van der Waals surface area (Å²) in [4.78, 5) is 14.5. The van der Waals surface area contributed by atoms with Crippen molar-refractivity contribution in [2.45, 2.75) is 0 Å². The molecule has 0 spiro atoms. The van der Waals surface area contributed by atoms with Gasteiger partial charge in [-0.25, -0.2) is 0 Å². The Morgan fingerprint density at radius 2 is 1.58 bits per heavy atom. The van der Waals surface area contributed by atoms with Crippen molar-refractivity contribution in [2.24, 2.45) is 0 Å². The monoisotopic (exact) mass is 321 g/mol. The van der Waals surface area contributed by atoms with E-state index in [-0.39, 0.29) is 5.91 Å². The minimum absolute atomic E-state index is 0.154. The topological polar surface area (TPSA) is 20.3 Å². The van der Waals surface area contributed by atoms with Gasteiger partial charge in [-0.1, -0.05) is 54.6 Å². The molecule has 3 nitrogen and oxygen atoms in total. The predicted molar refractivity (Wildman–Crippen MR) is 98.6 cm³/mol. The van der Waals surface area contributed by atoms with Crippen LogP contribution in [-0.4, -0.2) is 55.1 Å². The Labute approximate surface area is 144 Å². The molecule has 24 heavy (non-hydrogen) atoms. The zero-order valence-electron chi connectivity index (χ0n) is 14.3. The third-order valence-electron chi connectivity index (χ3n) is 4.78. The summed E-state index contributed by atoms with van der Waals surface area (Å²) in [5.74, 6) is 0.154. The third-order valence-corrected chi connectivity index (χ3v) is 4.78. The number of carbonyl (C=O) groups excluding carboxylic acids is 1. The van der Waals surface area contributed by atoms with Crippen LogP contribution in [0.5, 0.6) is 0 Å². The molecule has 2 aromatic carbocycles. The maximum absolute atomic E-state index is 12.5. The number of hydrogen-bond acceptors (Lipinski definition) is 1. The van der Waals surface area contributed by atoms with Gasteiger partial charge in [0.25, 0.3) is 5.91 Å². The number of rotatable bonds is 4. The second-order valence-corrected chi connectivity index (χ2v) is 6.72. The van der Waals surface area contributed by atoms with Crippen LogP contribution in [0.2, 0.25) is 0 Å². The number of quaternary nitrogens is 1. The van der Waals surface area contributed by atoms with Crippen molar-refractivity contribution in [1.29, 1.82) is 0 Å². The lowest BCUT2D eigenvalue weighted by Gasteiger charge is -2.41. The van der Waals surface area contributed by atoms with Gasteiger partial charge < -0.3 is 9.38 Å². The molecule has 124 valence electrons. The number of carbonyl (C=O) groups is 1. The first kappa shape index (κ1) is 16.5. The molecule has 0 unspecified atom stereocenters. The first-order chi connectivity index (χ1) is 11.7. The lowest BCUT2D eigenvalue weighted by atomic mass is 10.1. The number of piperazine rings is 1. The number of likely N-dealkylation sites (N-methyl/N-ethyl adjacent to an activating group) is 1. The van der Waals surface area contributed by atoms with E-state index in [2.05, 4.69) is 43.5 Å². The fraction of sp³-hybridized carbons (Fsp3) is 0.286. The number of hydrogen-bond donors (Lipinski definition) is 0. The first-order valence-corrected chi connectivity index (χ1v) is 8.56. The van der Waals surface area contributed by atoms with Crippen molar-refractivity contribution in [3.63, 3.8) is 0 Å². The molecule has 3 rings (SSSR count). The molecule has 1 amide bonds. The van der Waals surface area contributed by atoms with Gasteiger partial charge >= 0.3 is 0 Å². The summed E-state index contributed by atoms with van der Waals surface area (Å²) in [5.41, 5.74) is 2.03. The molecule has 1 aliphatic heterocycles. The maximum Gasteiger partial charge on any atom is 0.254 e. The van der Waals surface area contributed by atoms with E-state index in [0.717, 1.165) is 42.8 Å². The first-order valence-electron chi connectivity index (χ1n) is 8.56. The van der Waals surface area contributed by atoms with Crippen LogP contribution in [0.15, 0.2) is 66.7 Å². The third kappa shape index (κ3) is 4.12. The van der Waals surface area contributed by atoms with E-state index < -0.39 is 0 Å². The van der Waals surface area contributed by atoms with Crippen molar-refractivity contribution in [1.82, 2.24) is 4.90 Å². The smallest absolute Gasteiger partial charge is 0.254 e. The van der Waals surface area contributed by atoms with Crippen LogP contribution in [0.1, 0.15) is 15.9 Å². The summed E-state index contributed by atoms with van der Waals surface area (Å²) in [6.45, 7) is 4.64. The predicted octanol–water partition coefficient (Wildman–Crippen LogP) is 3.30. The largest absolute Gasteiger partial charge is 0.327 e. The number of nitrogens with zero attached hydrogens (tertiary/aromatic N) is 2. The summed E-state index contributed by atoms with van der Waals surface area (Å²) in [7, 11) is 2.28. The van der Waals surface area contributed by atoms with E-state index in [4.69, 9.17) is 0 Å². The summed E-state index contributed by atoms with van der Waals surface area (Å²) < 4.78 is 0.988. The molecule has 3 heteroatoms. The summed E-state index contributed by atoms with van der Waals surface area (Å²) >= 11 is 0. The highest BCUT2D eigenvalue weighted by Crippen LogP contribution is 2.14. The van der Waals surface area contributed by atoms with Crippen LogP contribution in [-0.2, 0) is 0 Å². The molecule has 0 aromatic heterocycles. The molecule has 1 fully saturated rings. The van der Waals surface area contributed by atoms with Gasteiger partial charge in [0.15, 0.2) is 0 Å². The molecule has 2 aromatic rings. The Bertz CT molecular complexity index is 686. The highest BCUT2D eigenvalue weighted by molar-refractivity contribution is 5.94. The van der Waals surface area contributed by atoms with E-state index >= 15 is 0 Å². The lowest BCUT2D eigenvalue weighted by molar-refractivity contribution is -0.907. The normalized spacial score (nSPS) is 17.1. The van der Waals surface area contributed by atoms with Crippen molar-refractivity contribution in [3.8, 4) is 0 Å². The highest BCUT2D eigenvalue weighted by atomic mass is 16.2. The lowest BCUT2D eigenvalue weighted by Crippen LogP contribution is -2.58. The molecule has 1 saturated heterocycles. The Balaban J connectivity index is 1.54. The van der Waals surface area contributed by atoms with E-state index in [0.29, 0.717) is 0 Å². The van der Waals surface area contributed by atoms with Gasteiger partial charge in [-0.2, -0.15) is 0 Å². The Kier molecular flexibility index (Phi) is 5.11. The molecular weight excluding hydrogens is 296 g/mol. The van der Waals surface area contributed by atoms with Crippen LogP contribution in [0, 0.1) is 0 Å². The quantitative estimate of drug-likeness (QED) is 0.791. The van der Waals surface area contributed by atoms with Crippen LogP contribution in [0.3, 0.4) is 0 Å². The molecule has 0 atom stereocenters. The Morgan fingerprint density at radius 1 is 1.00 bits per heavy atom. The number of benzene rings is 2. The fourth-order valence-corrected chi connectivity index (χ4v) is 3.10. The Hall–Kier alpha value is -2.39. The molecular formula is C21H25N2O+. The van der Waals surface area contributed by atoms with Gasteiger partial charge in [0.05, 0.1) is 39.8 Å². The van der Waals surface area contributed by atoms with E-state index in [1.807, 2.05) is 41.3 Å². The molecule has 0 aliphatic carbocycles. The van der Waals surface area contributed by atoms with Crippen molar-refractivity contribution >= 4 is 12.0 Å². The van der Waals surface area contributed by atoms with Crippen molar-refractivity contribution in [2.75, 3.05) is 39.8 Å². The van der Waals surface area contributed by atoms with Crippen LogP contribution in [0.25, 0.3) is 6.08 Å². The summed E-state index contributed by atoms with van der Waals surface area (Å²) in [5, 5.41) is 0. The molecule has 1 heterocycles. The molecule has 1 aliphatic rings. The second-order valence-electron chi connectivity index (χ2n) is 6.72. The maximum atomic E-state index is 12.5. The van der Waals surface area contributed by atoms with Gasteiger partial charge in [0, 0.05) is 5.56 Å². The Morgan fingerprint density at radius 3 is 2.21 bits per heavy atom.